The van der Waals surface area contributed by atoms with Crippen molar-refractivity contribution in [1.29, 1.82) is 0 Å². The van der Waals surface area contributed by atoms with Crippen LogP contribution in [-0.4, -0.2) is 4.98 Å². The Morgan fingerprint density at radius 2 is 2.15 bits per heavy atom. The van der Waals surface area contributed by atoms with Crippen LogP contribution in [0, 0.1) is 6.92 Å². The maximum atomic E-state index is 12.7. The third kappa shape index (κ3) is 3.56. The summed E-state index contributed by atoms with van der Waals surface area (Å²) >= 11 is 1.48. The van der Waals surface area contributed by atoms with E-state index in [-0.39, 0.29) is 6.04 Å². The predicted molar refractivity (Wildman–Crippen MR) is 72.1 cm³/mol. The second-order valence-electron chi connectivity index (χ2n) is 4.41. The molecule has 1 heterocycles. The Bertz CT molecular complexity index is 580. The van der Waals surface area contributed by atoms with Crippen molar-refractivity contribution in [2.75, 3.05) is 0 Å². The summed E-state index contributed by atoms with van der Waals surface area (Å²) < 4.78 is 38.0. The zero-order valence-electron chi connectivity index (χ0n) is 10.7. The van der Waals surface area contributed by atoms with Crippen LogP contribution in [0.3, 0.4) is 0 Å². The first-order valence-corrected chi connectivity index (χ1v) is 6.82. The van der Waals surface area contributed by atoms with E-state index in [0.29, 0.717) is 12.0 Å². The molecule has 2 rings (SSSR count). The van der Waals surface area contributed by atoms with Crippen molar-refractivity contribution in [3.05, 3.63) is 51.5 Å². The molecule has 3 nitrogen and oxygen atoms in total. The number of thiazole rings is 1. The number of aryl methyl sites for hydroxylation is 1. The summed E-state index contributed by atoms with van der Waals surface area (Å²) in [4.78, 5) is 4.30. The monoisotopic (exact) mass is 301 g/mol. The minimum Gasteiger partial charge on any atom is -0.271 e. The Balaban J connectivity index is 2.20. The number of nitrogens with one attached hydrogen (secondary N) is 1. The van der Waals surface area contributed by atoms with E-state index in [1.54, 1.807) is 6.07 Å². The minimum atomic E-state index is -4.33. The largest absolute Gasteiger partial charge is 0.416 e. The van der Waals surface area contributed by atoms with E-state index in [1.165, 1.54) is 17.4 Å². The van der Waals surface area contributed by atoms with Gasteiger partial charge in [0.15, 0.2) is 0 Å². The van der Waals surface area contributed by atoms with Gasteiger partial charge in [-0.2, -0.15) is 13.2 Å². The summed E-state index contributed by atoms with van der Waals surface area (Å²) in [6, 6.07) is 4.95. The third-order valence-corrected chi connectivity index (χ3v) is 3.68. The van der Waals surface area contributed by atoms with Crippen LogP contribution >= 0.6 is 11.3 Å². The number of hydrazine groups is 1. The molecule has 0 radical (unpaired) electrons. The fraction of sp³-hybridized carbons (Fsp3) is 0.308. The van der Waals surface area contributed by atoms with Crippen LogP contribution in [0.25, 0.3) is 0 Å². The molecule has 3 N–H and O–H groups in total. The lowest BCUT2D eigenvalue weighted by molar-refractivity contribution is -0.137. The van der Waals surface area contributed by atoms with Crippen LogP contribution in [0.2, 0.25) is 0 Å². The number of rotatable bonds is 4. The van der Waals surface area contributed by atoms with Crippen LogP contribution in [-0.2, 0) is 12.6 Å². The van der Waals surface area contributed by atoms with E-state index in [1.807, 2.05) is 12.3 Å². The first kappa shape index (κ1) is 15.0. The molecular weight excluding hydrogens is 287 g/mol. The van der Waals surface area contributed by atoms with Gasteiger partial charge in [-0.3, -0.25) is 11.3 Å². The number of alkyl halides is 3. The number of aromatic nitrogens is 1. The molecule has 0 aliphatic carbocycles. The molecule has 0 spiro atoms. The average Bonchev–Trinajstić information content (AvgIpc) is 2.82. The summed E-state index contributed by atoms with van der Waals surface area (Å²) in [6.07, 6.45) is -3.98. The lowest BCUT2D eigenvalue weighted by atomic mass is 10.0. The van der Waals surface area contributed by atoms with Gasteiger partial charge in [-0.1, -0.05) is 18.2 Å². The summed E-state index contributed by atoms with van der Waals surface area (Å²) in [7, 11) is 0. The van der Waals surface area contributed by atoms with Crippen molar-refractivity contribution in [1.82, 2.24) is 10.4 Å². The van der Waals surface area contributed by atoms with Crippen molar-refractivity contribution >= 4 is 11.3 Å². The van der Waals surface area contributed by atoms with Gasteiger partial charge < -0.3 is 0 Å². The van der Waals surface area contributed by atoms with Gasteiger partial charge in [-0.15, -0.1) is 11.3 Å². The lowest BCUT2D eigenvalue weighted by Gasteiger charge is -2.15. The zero-order chi connectivity index (χ0) is 14.8. The molecule has 0 aliphatic rings. The normalized spacial score (nSPS) is 13.4. The Morgan fingerprint density at radius 3 is 2.70 bits per heavy atom. The zero-order valence-corrected chi connectivity index (χ0v) is 11.6. The number of nitrogens with two attached hydrogens (primary N) is 1. The van der Waals surface area contributed by atoms with Crippen LogP contribution < -0.4 is 11.3 Å². The standard InChI is InChI=1S/C13H14F3N3S/c1-8-18-12(7-20-8)11(19-17)6-9-3-2-4-10(5-9)13(14,15)16/h2-5,7,11,19H,6,17H2,1H3. The van der Waals surface area contributed by atoms with Gasteiger partial charge in [-0.25, -0.2) is 4.98 Å². The highest BCUT2D eigenvalue weighted by atomic mass is 32.1. The van der Waals surface area contributed by atoms with Gasteiger partial charge in [0.2, 0.25) is 0 Å². The highest BCUT2D eigenvalue weighted by Crippen LogP contribution is 2.30. The molecule has 2 aromatic rings. The molecule has 0 saturated heterocycles. The fourth-order valence-corrected chi connectivity index (χ4v) is 2.57. The highest BCUT2D eigenvalue weighted by molar-refractivity contribution is 7.09. The third-order valence-electron chi connectivity index (χ3n) is 2.89. The molecule has 0 saturated carbocycles. The molecule has 20 heavy (non-hydrogen) atoms. The second-order valence-corrected chi connectivity index (χ2v) is 5.48. The van der Waals surface area contributed by atoms with E-state index in [0.717, 1.165) is 22.8 Å². The molecule has 1 aromatic carbocycles. The van der Waals surface area contributed by atoms with E-state index >= 15 is 0 Å². The van der Waals surface area contributed by atoms with Crippen LogP contribution in [0.1, 0.15) is 27.9 Å². The minimum absolute atomic E-state index is 0.302. The van der Waals surface area contributed by atoms with E-state index in [4.69, 9.17) is 5.84 Å². The maximum absolute atomic E-state index is 12.7. The lowest BCUT2D eigenvalue weighted by Crippen LogP contribution is -2.29. The Morgan fingerprint density at radius 1 is 1.40 bits per heavy atom. The number of hydrogen-bond acceptors (Lipinski definition) is 4. The number of hydrogen-bond donors (Lipinski definition) is 2. The SMILES string of the molecule is Cc1nc(C(Cc2cccc(C(F)(F)F)c2)NN)cs1. The van der Waals surface area contributed by atoms with Crippen molar-refractivity contribution in [2.45, 2.75) is 25.6 Å². The predicted octanol–water partition coefficient (Wildman–Crippen LogP) is 3.22. The molecule has 7 heteroatoms. The first-order chi connectivity index (χ1) is 9.40. The van der Waals surface area contributed by atoms with Crippen molar-refractivity contribution in [3.8, 4) is 0 Å². The summed E-state index contributed by atoms with van der Waals surface area (Å²) in [5, 5.41) is 2.75. The van der Waals surface area contributed by atoms with Crippen LogP contribution in [0.5, 0.6) is 0 Å². The van der Waals surface area contributed by atoms with E-state index in [9.17, 15) is 13.2 Å². The van der Waals surface area contributed by atoms with Crippen molar-refractivity contribution < 1.29 is 13.2 Å². The maximum Gasteiger partial charge on any atom is 0.416 e. The number of benzene rings is 1. The van der Waals surface area contributed by atoms with Crippen LogP contribution in [0.4, 0.5) is 13.2 Å². The quantitative estimate of drug-likeness (QED) is 0.673. The highest BCUT2D eigenvalue weighted by Gasteiger charge is 2.30. The molecule has 0 amide bonds. The Hall–Kier alpha value is -1.44. The van der Waals surface area contributed by atoms with Gasteiger partial charge in [-0.05, 0) is 25.0 Å². The molecule has 1 aromatic heterocycles. The molecule has 1 unspecified atom stereocenters. The average molecular weight is 301 g/mol. The molecule has 0 bridgehead atoms. The van der Waals surface area contributed by atoms with E-state index in [2.05, 4.69) is 10.4 Å². The fourth-order valence-electron chi connectivity index (χ4n) is 1.90. The summed E-state index contributed by atoms with van der Waals surface area (Å²) in [5.74, 6) is 5.48. The topological polar surface area (TPSA) is 50.9 Å². The van der Waals surface area contributed by atoms with Gasteiger partial charge in [0, 0.05) is 5.38 Å². The van der Waals surface area contributed by atoms with Crippen molar-refractivity contribution in [3.63, 3.8) is 0 Å². The summed E-state index contributed by atoms with van der Waals surface area (Å²) in [6.45, 7) is 1.87. The van der Waals surface area contributed by atoms with Gasteiger partial charge in [0.05, 0.1) is 22.3 Å². The number of halogens is 3. The molecule has 108 valence electrons. The van der Waals surface area contributed by atoms with Gasteiger partial charge in [0.1, 0.15) is 0 Å². The van der Waals surface area contributed by atoms with E-state index < -0.39 is 11.7 Å². The Labute approximate surface area is 118 Å². The summed E-state index contributed by atoms with van der Waals surface area (Å²) in [5.41, 5.74) is 3.26. The second kappa shape index (κ2) is 5.90. The number of nitrogens with zero attached hydrogens (tertiary/aromatic N) is 1. The Kier molecular flexibility index (Phi) is 4.42. The first-order valence-electron chi connectivity index (χ1n) is 5.94. The van der Waals surface area contributed by atoms with Gasteiger partial charge >= 0.3 is 6.18 Å². The van der Waals surface area contributed by atoms with Crippen molar-refractivity contribution in [2.24, 2.45) is 5.84 Å². The molecule has 1 atom stereocenters. The van der Waals surface area contributed by atoms with Crippen LogP contribution in [0.15, 0.2) is 29.6 Å². The smallest absolute Gasteiger partial charge is 0.271 e. The van der Waals surface area contributed by atoms with Gasteiger partial charge in [0.25, 0.3) is 0 Å². The molecule has 0 fully saturated rings. The molecule has 0 aliphatic heterocycles. The molecular formula is C13H14F3N3S.